The first-order chi connectivity index (χ1) is 5.59. The molecule has 12 heavy (non-hydrogen) atoms. The molecule has 0 radical (unpaired) electrons. The summed E-state index contributed by atoms with van der Waals surface area (Å²) in [7, 11) is 0. The van der Waals surface area contributed by atoms with E-state index in [9.17, 15) is 8.78 Å². The number of hydrogen-bond acceptors (Lipinski definition) is 2. The first kappa shape index (κ1) is 8.96. The van der Waals surface area contributed by atoms with Crippen LogP contribution in [0.5, 0.6) is 0 Å². The molecule has 0 aromatic carbocycles. The number of nitrogens with zero attached hydrogens (tertiary/aromatic N) is 2. The molecule has 2 N–H and O–H groups in total. The highest BCUT2D eigenvalue weighted by Crippen LogP contribution is 2.08. The van der Waals surface area contributed by atoms with Crippen LogP contribution < -0.4 is 5.73 Å². The Balaban J connectivity index is 2.53. The summed E-state index contributed by atoms with van der Waals surface area (Å²) in [6.07, 6.45) is -0.895. The molecule has 68 valence electrons. The molecular formula is C7H11F2N3. The summed E-state index contributed by atoms with van der Waals surface area (Å²) in [6, 6.07) is 0. The maximum atomic E-state index is 11.8. The molecule has 1 rings (SSSR count). The highest BCUT2D eigenvalue weighted by Gasteiger charge is 2.04. The van der Waals surface area contributed by atoms with Gasteiger partial charge in [0.15, 0.2) is 0 Å². The number of rotatable bonds is 3. The first-order valence-electron chi connectivity index (χ1n) is 3.67. The van der Waals surface area contributed by atoms with Gasteiger partial charge in [0.05, 0.1) is 11.4 Å². The van der Waals surface area contributed by atoms with E-state index in [-0.39, 0.29) is 13.0 Å². The van der Waals surface area contributed by atoms with Gasteiger partial charge in [0, 0.05) is 19.2 Å². The van der Waals surface area contributed by atoms with E-state index in [1.165, 1.54) is 4.68 Å². The second kappa shape index (κ2) is 3.51. The lowest BCUT2D eigenvalue weighted by Gasteiger charge is -1.98. The smallest absolute Gasteiger partial charge is 0.240 e. The fourth-order valence-corrected chi connectivity index (χ4v) is 0.878. The molecule has 0 unspecified atom stereocenters. The Bertz CT molecular complexity index is 238. The highest BCUT2D eigenvalue weighted by molar-refractivity contribution is 5.39. The van der Waals surface area contributed by atoms with Crippen molar-refractivity contribution in [2.45, 2.75) is 26.3 Å². The van der Waals surface area contributed by atoms with Crippen molar-refractivity contribution in [2.24, 2.45) is 0 Å². The second-order valence-electron chi connectivity index (χ2n) is 2.61. The monoisotopic (exact) mass is 175 g/mol. The van der Waals surface area contributed by atoms with Gasteiger partial charge in [-0.05, 0) is 6.92 Å². The number of hydrogen-bond donors (Lipinski definition) is 1. The van der Waals surface area contributed by atoms with Crippen molar-refractivity contribution in [1.29, 1.82) is 0 Å². The number of anilines is 1. The summed E-state index contributed by atoms with van der Waals surface area (Å²) in [5, 5.41) is 3.94. The van der Waals surface area contributed by atoms with Gasteiger partial charge in [-0.3, -0.25) is 4.68 Å². The largest absolute Gasteiger partial charge is 0.396 e. The quantitative estimate of drug-likeness (QED) is 0.755. The average Bonchev–Trinajstić information content (AvgIpc) is 2.28. The van der Waals surface area contributed by atoms with Gasteiger partial charge >= 0.3 is 0 Å². The van der Waals surface area contributed by atoms with Crippen LogP contribution in [0, 0.1) is 6.92 Å². The molecular weight excluding hydrogens is 164 g/mol. The molecule has 0 aliphatic carbocycles. The number of halogens is 2. The molecule has 0 saturated heterocycles. The molecule has 0 fully saturated rings. The zero-order chi connectivity index (χ0) is 9.14. The predicted octanol–water partition coefficient (Wildman–Crippen LogP) is 1.43. The van der Waals surface area contributed by atoms with Crippen LogP contribution in [0.3, 0.4) is 0 Å². The predicted molar refractivity (Wildman–Crippen MR) is 42.0 cm³/mol. The summed E-state index contributed by atoms with van der Waals surface area (Å²) in [5.74, 6) is 0. The van der Waals surface area contributed by atoms with Gasteiger partial charge in [-0.1, -0.05) is 0 Å². The van der Waals surface area contributed by atoms with E-state index >= 15 is 0 Å². The normalized spacial score (nSPS) is 11.0. The minimum atomic E-state index is -2.28. The topological polar surface area (TPSA) is 43.8 Å². The summed E-state index contributed by atoms with van der Waals surface area (Å²) in [5.41, 5.74) is 6.71. The van der Waals surface area contributed by atoms with Crippen LogP contribution in [0.4, 0.5) is 14.5 Å². The van der Waals surface area contributed by atoms with Gasteiger partial charge in [-0.2, -0.15) is 5.10 Å². The van der Waals surface area contributed by atoms with E-state index in [1.54, 1.807) is 13.1 Å². The lowest BCUT2D eigenvalue weighted by atomic mass is 10.4. The maximum absolute atomic E-state index is 11.8. The number of alkyl halides is 2. The lowest BCUT2D eigenvalue weighted by molar-refractivity contribution is 0.130. The van der Waals surface area contributed by atoms with E-state index in [1.807, 2.05) is 0 Å². The molecule has 0 aliphatic rings. The van der Waals surface area contributed by atoms with Gasteiger partial charge in [0.25, 0.3) is 0 Å². The minimum absolute atomic E-state index is 0.180. The highest BCUT2D eigenvalue weighted by atomic mass is 19.3. The number of nitrogen functional groups attached to an aromatic ring is 1. The molecule has 0 amide bonds. The second-order valence-corrected chi connectivity index (χ2v) is 2.61. The molecule has 5 heteroatoms. The van der Waals surface area contributed by atoms with E-state index in [4.69, 9.17) is 5.73 Å². The van der Waals surface area contributed by atoms with Gasteiger partial charge in [-0.25, -0.2) is 8.78 Å². The number of nitrogens with two attached hydrogens (primary N) is 1. The van der Waals surface area contributed by atoms with E-state index in [0.717, 1.165) is 0 Å². The number of aromatic nitrogens is 2. The fraction of sp³-hybridized carbons (Fsp3) is 0.571. The van der Waals surface area contributed by atoms with Crippen molar-refractivity contribution in [3.05, 3.63) is 11.9 Å². The third-order valence-electron chi connectivity index (χ3n) is 1.56. The van der Waals surface area contributed by atoms with Crippen LogP contribution >= 0.6 is 0 Å². The van der Waals surface area contributed by atoms with Crippen molar-refractivity contribution in [3.8, 4) is 0 Å². The van der Waals surface area contributed by atoms with Crippen molar-refractivity contribution in [2.75, 3.05) is 5.73 Å². The van der Waals surface area contributed by atoms with Crippen LogP contribution in [-0.2, 0) is 6.54 Å². The zero-order valence-corrected chi connectivity index (χ0v) is 6.80. The Morgan fingerprint density at radius 1 is 1.67 bits per heavy atom. The van der Waals surface area contributed by atoms with E-state index in [2.05, 4.69) is 5.10 Å². The van der Waals surface area contributed by atoms with Gasteiger partial charge < -0.3 is 5.73 Å². The van der Waals surface area contributed by atoms with Crippen LogP contribution in [0.1, 0.15) is 12.1 Å². The molecule has 0 bridgehead atoms. The third kappa shape index (κ3) is 2.18. The van der Waals surface area contributed by atoms with Crippen molar-refractivity contribution in [3.63, 3.8) is 0 Å². The SMILES string of the molecule is Cc1nn(CCC(F)F)cc1N. The Hall–Kier alpha value is -1.13. The van der Waals surface area contributed by atoms with E-state index in [0.29, 0.717) is 11.4 Å². The molecule has 1 heterocycles. The molecule has 0 aliphatic heterocycles. The van der Waals surface area contributed by atoms with Crippen molar-refractivity contribution >= 4 is 5.69 Å². The lowest BCUT2D eigenvalue weighted by Crippen LogP contribution is -2.03. The number of aryl methyl sites for hydroxylation is 2. The van der Waals surface area contributed by atoms with Gasteiger partial charge in [0.2, 0.25) is 6.43 Å². The standard InChI is InChI=1S/C7H11F2N3/c1-5-6(10)4-12(11-5)3-2-7(8)9/h4,7H,2-3,10H2,1H3. The van der Waals surface area contributed by atoms with Gasteiger partial charge in [0.1, 0.15) is 0 Å². The van der Waals surface area contributed by atoms with Crippen LogP contribution in [0.15, 0.2) is 6.20 Å². The summed E-state index contributed by atoms with van der Waals surface area (Å²) in [4.78, 5) is 0. The summed E-state index contributed by atoms with van der Waals surface area (Å²) in [6.45, 7) is 1.96. The van der Waals surface area contributed by atoms with Crippen LogP contribution in [0.25, 0.3) is 0 Å². The maximum Gasteiger partial charge on any atom is 0.240 e. The molecule has 1 aromatic heterocycles. The average molecular weight is 175 g/mol. The molecule has 0 saturated carbocycles. The molecule has 3 nitrogen and oxygen atoms in total. The minimum Gasteiger partial charge on any atom is -0.396 e. The van der Waals surface area contributed by atoms with Gasteiger partial charge in [-0.15, -0.1) is 0 Å². The zero-order valence-electron chi connectivity index (χ0n) is 6.80. The van der Waals surface area contributed by atoms with E-state index < -0.39 is 6.43 Å². The third-order valence-corrected chi connectivity index (χ3v) is 1.56. The molecule has 0 spiro atoms. The van der Waals surface area contributed by atoms with Crippen LogP contribution in [0.2, 0.25) is 0 Å². The Labute approximate surface area is 69.2 Å². The van der Waals surface area contributed by atoms with Crippen molar-refractivity contribution in [1.82, 2.24) is 9.78 Å². The first-order valence-corrected chi connectivity index (χ1v) is 3.67. The summed E-state index contributed by atoms with van der Waals surface area (Å²) >= 11 is 0. The van der Waals surface area contributed by atoms with Crippen LogP contribution in [-0.4, -0.2) is 16.2 Å². The molecule has 0 atom stereocenters. The Morgan fingerprint density at radius 3 is 2.75 bits per heavy atom. The Kier molecular flexibility index (Phi) is 2.62. The fourth-order valence-electron chi connectivity index (χ4n) is 0.878. The molecule has 1 aromatic rings. The van der Waals surface area contributed by atoms with Crippen molar-refractivity contribution < 1.29 is 8.78 Å². The Morgan fingerprint density at radius 2 is 2.33 bits per heavy atom. The summed E-state index contributed by atoms with van der Waals surface area (Å²) < 4.78 is 25.0.